The van der Waals surface area contributed by atoms with Crippen LogP contribution in [0, 0.1) is 5.92 Å². The Morgan fingerprint density at radius 1 is 1.19 bits per heavy atom. The molecule has 1 aromatic rings. The van der Waals surface area contributed by atoms with Crippen molar-refractivity contribution in [3.05, 3.63) is 29.8 Å². The van der Waals surface area contributed by atoms with Gasteiger partial charge < -0.3 is 19.5 Å². The van der Waals surface area contributed by atoms with Crippen LogP contribution in [0.1, 0.15) is 44.6 Å². The summed E-state index contributed by atoms with van der Waals surface area (Å²) in [5.74, 6) is 0.970. The van der Waals surface area contributed by atoms with Crippen LogP contribution < -0.4 is 14.8 Å². The van der Waals surface area contributed by atoms with Crippen molar-refractivity contribution in [3.63, 3.8) is 0 Å². The molecule has 1 N–H and O–H groups in total. The number of methoxy groups -OCH3 is 1. The summed E-state index contributed by atoms with van der Waals surface area (Å²) in [6, 6.07) is 5.37. The van der Waals surface area contributed by atoms with E-state index in [0.29, 0.717) is 30.6 Å². The van der Waals surface area contributed by atoms with E-state index < -0.39 is 5.97 Å². The normalized spacial score (nSPS) is 14.7. The second kappa shape index (κ2) is 11.3. The Hall–Kier alpha value is -2.50. The van der Waals surface area contributed by atoms with Gasteiger partial charge in [-0.1, -0.05) is 25.3 Å². The van der Waals surface area contributed by atoms with E-state index in [1.165, 1.54) is 25.3 Å². The summed E-state index contributed by atoms with van der Waals surface area (Å²) in [5, 5.41) is 2.84. The highest BCUT2D eigenvalue weighted by Crippen LogP contribution is 2.28. The van der Waals surface area contributed by atoms with Gasteiger partial charge in [-0.3, -0.25) is 4.79 Å². The van der Waals surface area contributed by atoms with Crippen LogP contribution in [0.4, 0.5) is 0 Å². The first kappa shape index (κ1) is 20.8. The van der Waals surface area contributed by atoms with Gasteiger partial charge in [0.05, 0.1) is 13.7 Å². The maximum atomic E-state index is 11.8. The van der Waals surface area contributed by atoms with Crippen LogP contribution >= 0.6 is 0 Å². The van der Waals surface area contributed by atoms with Crippen molar-refractivity contribution in [2.45, 2.75) is 39.0 Å². The van der Waals surface area contributed by atoms with Gasteiger partial charge in [0.2, 0.25) is 0 Å². The fraction of sp³-hybridized carbons (Fsp3) is 0.524. The Morgan fingerprint density at radius 3 is 2.67 bits per heavy atom. The van der Waals surface area contributed by atoms with Crippen LogP contribution in [-0.4, -0.2) is 38.7 Å². The van der Waals surface area contributed by atoms with Crippen molar-refractivity contribution in [2.75, 3.05) is 26.9 Å². The first-order chi connectivity index (χ1) is 13.1. The SMILES string of the molecule is CCOc1ccc(/C=C/C(=O)OCC(=O)NCC2CCCCC2)cc1OC. The van der Waals surface area contributed by atoms with E-state index in [-0.39, 0.29) is 12.5 Å². The number of benzene rings is 1. The second-order valence-electron chi connectivity index (χ2n) is 6.59. The molecule has 6 nitrogen and oxygen atoms in total. The van der Waals surface area contributed by atoms with Gasteiger partial charge in [-0.15, -0.1) is 0 Å². The minimum atomic E-state index is -0.560. The van der Waals surface area contributed by atoms with E-state index in [4.69, 9.17) is 14.2 Å². The van der Waals surface area contributed by atoms with Gasteiger partial charge in [-0.25, -0.2) is 4.79 Å². The molecular formula is C21H29NO5. The smallest absolute Gasteiger partial charge is 0.331 e. The van der Waals surface area contributed by atoms with Gasteiger partial charge in [0, 0.05) is 12.6 Å². The molecule has 27 heavy (non-hydrogen) atoms. The van der Waals surface area contributed by atoms with Crippen molar-refractivity contribution >= 4 is 18.0 Å². The average Bonchev–Trinajstić information content (AvgIpc) is 2.70. The van der Waals surface area contributed by atoms with Crippen molar-refractivity contribution in [1.29, 1.82) is 0 Å². The maximum Gasteiger partial charge on any atom is 0.331 e. The third-order valence-electron chi connectivity index (χ3n) is 4.56. The predicted octanol–water partition coefficient (Wildman–Crippen LogP) is 3.35. The third-order valence-corrected chi connectivity index (χ3v) is 4.56. The number of nitrogens with one attached hydrogen (secondary N) is 1. The lowest BCUT2D eigenvalue weighted by Crippen LogP contribution is -2.33. The van der Waals surface area contributed by atoms with Crippen LogP contribution in [0.2, 0.25) is 0 Å². The van der Waals surface area contributed by atoms with E-state index in [0.717, 1.165) is 18.4 Å². The molecule has 6 heteroatoms. The summed E-state index contributed by atoms with van der Waals surface area (Å²) < 4.78 is 15.7. The van der Waals surface area contributed by atoms with Crippen molar-refractivity contribution in [2.24, 2.45) is 5.92 Å². The van der Waals surface area contributed by atoms with Gasteiger partial charge in [0.25, 0.3) is 5.91 Å². The number of rotatable bonds is 9. The second-order valence-corrected chi connectivity index (χ2v) is 6.59. The molecule has 0 bridgehead atoms. The fourth-order valence-corrected chi connectivity index (χ4v) is 3.11. The molecule has 1 aliphatic carbocycles. The van der Waals surface area contributed by atoms with E-state index in [9.17, 15) is 9.59 Å². The predicted molar refractivity (Wildman–Crippen MR) is 104 cm³/mol. The Balaban J connectivity index is 1.75. The fourth-order valence-electron chi connectivity index (χ4n) is 3.11. The number of carbonyl (C=O) groups excluding carboxylic acids is 2. The molecule has 0 spiro atoms. The number of ether oxygens (including phenoxy) is 3. The van der Waals surface area contributed by atoms with Gasteiger partial charge in [0.15, 0.2) is 18.1 Å². The van der Waals surface area contributed by atoms with Crippen molar-refractivity contribution in [1.82, 2.24) is 5.32 Å². The zero-order valence-electron chi connectivity index (χ0n) is 16.2. The van der Waals surface area contributed by atoms with Gasteiger partial charge in [0.1, 0.15) is 0 Å². The number of carbonyl (C=O) groups is 2. The molecule has 1 fully saturated rings. The van der Waals surface area contributed by atoms with Crippen LogP contribution in [0.25, 0.3) is 6.08 Å². The van der Waals surface area contributed by atoms with Crippen LogP contribution in [0.15, 0.2) is 24.3 Å². The lowest BCUT2D eigenvalue weighted by molar-refractivity contribution is -0.143. The van der Waals surface area contributed by atoms with E-state index >= 15 is 0 Å². The Morgan fingerprint density at radius 2 is 1.96 bits per heavy atom. The molecular weight excluding hydrogens is 346 g/mol. The molecule has 1 aliphatic rings. The molecule has 0 unspecified atom stereocenters. The largest absolute Gasteiger partial charge is 0.493 e. The first-order valence-electron chi connectivity index (χ1n) is 9.54. The van der Waals surface area contributed by atoms with Crippen LogP contribution in [0.3, 0.4) is 0 Å². The minimum absolute atomic E-state index is 0.259. The quantitative estimate of drug-likeness (QED) is 0.529. The molecule has 0 heterocycles. The molecule has 148 valence electrons. The molecule has 1 saturated carbocycles. The molecule has 0 atom stereocenters. The first-order valence-corrected chi connectivity index (χ1v) is 9.54. The molecule has 2 rings (SSSR count). The van der Waals surface area contributed by atoms with Crippen LogP contribution in [-0.2, 0) is 14.3 Å². The number of esters is 1. The molecule has 1 amide bonds. The molecule has 0 aliphatic heterocycles. The molecule has 1 aromatic carbocycles. The van der Waals surface area contributed by atoms with Crippen LogP contribution in [0.5, 0.6) is 11.5 Å². The lowest BCUT2D eigenvalue weighted by Gasteiger charge is -2.21. The average molecular weight is 375 g/mol. The molecule has 0 aromatic heterocycles. The van der Waals surface area contributed by atoms with E-state index in [1.807, 2.05) is 13.0 Å². The third kappa shape index (κ3) is 7.33. The zero-order chi connectivity index (χ0) is 19.5. The maximum absolute atomic E-state index is 11.8. The van der Waals surface area contributed by atoms with Gasteiger partial charge in [-0.05, 0) is 49.5 Å². The van der Waals surface area contributed by atoms with Gasteiger partial charge in [-0.2, -0.15) is 0 Å². The number of hydrogen-bond acceptors (Lipinski definition) is 5. The highest BCUT2D eigenvalue weighted by molar-refractivity contribution is 5.89. The summed E-state index contributed by atoms with van der Waals surface area (Å²) in [6.45, 7) is 2.84. The summed E-state index contributed by atoms with van der Waals surface area (Å²) in [7, 11) is 1.56. The Labute approximate surface area is 160 Å². The van der Waals surface area contributed by atoms with E-state index in [1.54, 1.807) is 25.3 Å². The summed E-state index contributed by atoms with van der Waals surface area (Å²) in [5.41, 5.74) is 0.772. The van der Waals surface area contributed by atoms with E-state index in [2.05, 4.69) is 5.32 Å². The highest BCUT2D eigenvalue weighted by atomic mass is 16.5. The number of hydrogen-bond donors (Lipinski definition) is 1. The standard InChI is InChI=1S/C21H29NO5/c1-3-26-18-11-9-16(13-19(18)25-2)10-12-21(24)27-15-20(23)22-14-17-7-5-4-6-8-17/h9-13,17H,3-8,14-15H2,1-2H3,(H,22,23)/b12-10+. The van der Waals surface area contributed by atoms with Crippen molar-refractivity contribution in [3.8, 4) is 11.5 Å². The van der Waals surface area contributed by atoms with Crippen molar-refractivity contribution < 1.29 is 23.8 Å². The topological polar surface area (TPSA) is 73.9 Å². The minimum Gasteiger partial charge on any atom is -0.493 e. The molecule has 0 radical (unpaired) electrons. The lowest BCUT2D eigenvalue weighted by atomic mass is 9.89. The highest BCUT2D eigenvalue weighted by Gasteiger charge is 2.14. The zero-order valence-corrected chi connectivity index (χ0v) is 16.2. The van der Waals surface area contributed by atoms with Gasteiger partial charge >= 0.3 is 5.97 Å². The Kier molecular flexibility index (Phi) is 8.68. The summed E-state index contributed by atoms with van der Waals surface area (Å²) in [4.78, 5) is 23.6. The Bertz CT molecular complexity index is 650. The molecule has 0 saturated heterocycles. The number of amides is 1. The monoisotopic (exact) mass is 375 g/mol. The summed E-state index contributed by atoms with van der Waals surface area (Å²) in [6.07, 6.45) is 8.98. The summed E-state index contributed by atoms with van der Waals surface area (Å²) >= 11 is 0.